The summed E-state index contributed by atoms with van der Waals surface area (Å²) < 4.78 is 27.8. The maximum atomic E-state index is 12.9. The fourth-order valence-corrected chi connectivity index (χ4v) is 6.34. The number of rotatable bonds is 5. The topological polar surface area (TPSA) is 79.4 Å². The maximum absolute atomic E-state index is 12.9. The summed E-state index contributed by atoms with van der Waals surface area (Å²) >= 11 is 4.75. The molecule has 2 fully saturated rings. The van der Waals surface area contributed by atoms with Gasteiger partial charge in [-0.15, -0.1) is 11.3 Å². The van der Waals surface area contributed by atoms with Crippen molar-refractivity contribution in [3.63, 3.8) is 0 Å². The Balaban J connectivity index is 1.42. The molecule has 0 spiro atoms. The number of anilines is 1. The number of amides is 1. The third-order valence-electron chi connectivity index (χ3n) is 5.29. The van der Waals surface area contributed by atoms with Crippen LogP contribution >= 0.6 is 27.3 Å². The van der Waals surface area contributed by atoms with E-state index in [0.717, 1.165) is 34.1 Å². The Labute approximate surface area is 163 Å². The van der Waals surface area contributed by atoms with Gasteiger partial charge in [-0.3, -0.25) is 9.52 Å². The van der Waals surface area contributed by atoms with Crippen LogP contribution in [0.15, 0.2) is 28.1 Å². The SMILES string of the molecule is O=C1c2ccc(Br)cc2CN1C1(c2csc(NS(=O)(=O)C3CC3)n2)CC1. The van der Waals surface area contributed by atoms with Crippen molar-refractivity contribution in [2.24, 2.45) is 0 Å². The fourth-order valence-electron chi connectivity index (χ4n) is 3.54. The van der Waals surface area contributed by atoms with E-state index >= 15 is 0 Å². The Hall–Kier alpha value is -1.45. The third kappa shape index (κ3) is 2.59. The standard InChI is InChI=1S/C17H16BrN3O3S2/c18-11-1-4-13-10(7-11)8-21(15(13)22)17(5-6-17)14-9-25-16(19-14)20-26(23,24)12-2-3-12/h1,4,7,9,12H,2-3,5-6,8H2,(H,19,20). The zero-order valence-electron chi connectivity index (χ0n) is 13.7. The zero-order chi connectivity index (χ0) is 18.1. The van der Waals surface area contributed by atoms with E-state index in [-0.39, 0.29) is 11.2 Å². The minimum absolute atomic E-state index is 0.0260. The van der Waals surface area contributed by atoms with Crippen molar-refractivity contribution in [3.05, 3.63) is 44.9 Å². The van der Waals surface area contributed by atoms with Crippen LogP contribution in [0.1, 0.15) is 47.3 Å². The predicted molar refractivity (Wildman–Crippen MR) is 103 cm³/mol. The number of aromatic nitrogens is 1. The monoisotopic (exact) mass is 453 g/mol. The Bertz CT molecular complexity index is 1030. The molecule has 0 atom stereocenters. The molecule has 136 valence electrons. The molecule has 1 amide bonds. The highest BCUT2D eigenvalue weighted by Crippen LogP contribution is 2.54. The molecule has 1 aromatic heterocycles. The van der Waals surface area contributed by atoms with Crippen LogP contribution in [0.2, 0.25) is 0 Å². The quantitative estimate of drug-likeness (QED) is 0.751. The van der Waals surface area contributed by atoms with Crippen molar-refractivity contribution in [2.75, 3.05) is 4.72 Å². The number of halogens is 1. The summed E-state index contributed by atoms with van der Waals surface area (Å²) in [5.74, 6) is 0.0260. The summed E-state index contributed by atoms with van der Waals surface area (Å²) in [5.41, 5.74) is 2.14. The minimum atomic E-state index is -3.32. The molecule has 9 heteroatoms. The molecule has 0 saturated heterocycles. The Kier molecular flexibility index (Phi) is 3.55. The molecule has 26 heavy (non-hydrogen) atoms. The smallest absolute Gasteiger partial charge is 0.255 e. The van der Waals surface area contributed by atoms with Gasteiger partial charge in [0, 0.05) is 22.0 Å². The summed E-state index contributed by atoms with van der Waals surface area (Å²) in [6, 6.07) is 5.72. The number of carbonyl (C=O) groups excluding carboxylic acids is 1. The highest BCUT2D eigenvalue weighted by Gasteiger charge is 2.55. The molecule has 0 bridgehead atoms. The van der Waals surface area contributed by atoms with Crippen LogP contribution in [-0.4, -0.2) is 29.5 Å². The van der Waals surface area contributed by atoms with Gasteiger partial charge >= 0.3 is 0 Å². The average molecular weight is 454 g/mol. The summed E-state index contributed by atoms with van der Waals surface area (Å²) in [5, 5.41) is 1.99. The molecular weight excluding hydrogens is 438 g/mol. The van der Waals surface area contributed by atoms with Crippen molar-refractivity contribution in [2.45, 2.75) is 43.0 Å². The molecule has 6 nitrogen and oxygen atoms in total. The first kappa shape index (κ1) is 16.7. The lowest BCUT2D eigenvalue weighted by Crippen LogP contribution is -2.35. The fraction of sp³-hybridized carbons (Fsp3) is 0.412. The molecule has 0 unspecified atom stereocenters. The first-order chi connectivity index (χ1) is 12.4. The molecular formula is C17H16BrN3O3S2. The van der Waals surface area contributed by atoms with E-state index in [2.05, 4.69) is 25.6 Å². The van der Waals surface area contributed by atoms with Gasteiger partial charge in [0.1, 0.15) is 0 Å². The first-order valence-corrected chi connectivity index (χ1v) is 11.7. The number of carbonyl (C=O) groups is 1. The van der Waals surface area contributed by atoms with Gasteiger partial charge in [0.15, 0.2) is 5.13 Å². The van der Waals surface area contributed by atoms with E-state index in [9.17, 15) is 13.2 Å². The van der Waals surface area contributed by atoms with Crippen molar-refractivity contribution in [3.8, 4) is 0 Å². The van der Waals surface area contributed by atoms with Crippen LogP contribution in [0.4, 0.5) is 5.13 Å². The van der Waals surface area contributed by atoms with Gasteiger partial charge in [-0.05, 0) is 49.4 Å². The highest BCUT2D eigenvalue weighted by atomic mass is 79.9. The molecule has 2 aromatic rings. The van der Waals surface area contributed by atoms with Crippen LogP contribution in [0, 0.1) is 0 Å². The van der Waals surface area contributed by atoms with Crippen molar-refractivity contribution >= 4 is 48.3 Å². The van der Waals surface area contributed by atoms with Gasteiger partial charge in [-0.1, -0.05) is 15.9 Å². The van der Waals surface area contributed by atoms with Gasteiger partial charge in [-0.25, -0.2) is 13.4 Å². The summed E-state index contributed by atoms with van der Waals surface area (Å²) in [6.45, 7) is 0.564. The molecule has 1 N–H and O–H groups in total. The van der Waals surface area contributed by atoms with Crippen molar-refractivity contribution in [1.82, 2.24) is 9.88 Å². The Morgan fingerprint density at radius 2 is 2.08 bits per heavy atom. The number of hydrogen-bond donors (Lipinski definition) is 1. The van der Waals surface area contributed by atoms with Gasteiger partial charge in [-0.2, -0.15) is 0 Å². The second-order valence-corrected chi connectivity index (χ2v) is 10.8. The molecule has 1 aliphatic heterocycles. The third-order valence-corrected chi connectivity index (χ3v) is 8.49. The van der Waals surface area contributed by atoms with E-state index in [4.69, 9.17) is 0 Å². The van der Waals surface area contributed by atoms with Gasteiger partial charge < -0.3 is 4.90 Å². The minimum Gasteiger partial charge on any atom is -0.323 e. The van der Waals surface area contributed by atoms with Crippen LogP contribution in [0.3, 0.4) is 0 Å². The molecule has 2 heterocycles. The largest absolute Gasteiger partial charge is 0.323 e. The van der Waals surface area contributed by atoms with Crippen molar-refractivity contribution in [1.29, 1.82) is 0 Å². The van der Waals surface area contributed by atoms with E-state index in [0.29, 0.717) is 24.5 Å². The van der Waals surface area contributed by atoms with Gasteiger partial charge in [0.25, 0.3) is 5.91 Å². The number of nitrogens with one attached hydrogen (secondary N) is 1. The van der Waals surface area contributed by atoms with E-state index < -0.39 is 15.6 Å². The lowest BCUT2D eigenvalue weighted by molar-refractivity contribution is 0.0665. The van der Waals surface area contributed by atoms with Crippen molar-refractivity contribution < 1.29 is 13.2 Å². The number of nitrogens with zero attached hydrogens (tertiary/aromatic N) is 2. The van der Waals surface area contributed by atoms with E-state index in [1.807, 2.05) is 28.5 Å². The number of sulfonamides is 1. The summed E-state index contributed by atoms with van der Waals surface area (Å²) in [7, 11) is -3.32. The highest BCUT2D eigenvalue weighted by molar-refractivity contribution is 9.10. The van der Waals surface area contributed by atoms with Crippen LogP contribution in [0.25, 0.3) is 0 Å². The predicted octanol–water partition coefficient (Wildman–Crippen LogP) is 3.45. The Morgan fingerprint density at radius 1 is 1.31 bits per heavy atom. The van der Waals surface area contributed by atoms with E-state index in [1.54, 1.807) is 0 Å². The first-order valence-electron chi connectivity index (χ1n) is 8.47. The van der Waals surface area contributed by atoms with Crippen LogP contribution in [0.5, 0.6) is 0 Å². The number of benzene rings is 1. The second kappa shape index (κ2) is 5.53. The maximum Gasteiger partial charge on any atom is 0.255 e. The molecule has 3 aliphatic rings. The summed E-state index contributed by atoms with van der Waals surface area (Å²) in [4.78, 5) is 19.3. The normalized spacial score (nSPS) is 21.0. The number of fused-ring (bicyclic) bond motifs is 1. The summed E-state index contributed by atoms with van der Waals surface area (Å²) in [6.07, 6.45) is 3.14. The molecule has 2 aliphatic carbocycles. The second-order valence-electron chi connectivity index (χ2n) is 7.11. The van der Waals surface area contributed by atoms with Gasteiger partial charge in [0.05, 0.1) is 16.5 Å². The lowest BCUT2D eigenvalue weighted by atomic mass is 10.1. The number of hydrogen-bond acceptors (Lipinski definition) is 5. The molecule has 1 aromatic carbocycles. The van der Waals surface area contributed by atoms with Gasteiger partial charge in [0.2, 0.25) is 10.0 Å². The molecule has 0 radical (unpaired) electrons. The molecule has 2 saturated carbocycles. The zero-order valence-corrected chi connectivity index (χ0v) is 17.0. The van der Waals surface area contributed by atoms with Crippen LogP contribution < -0.4 is 4.72 Å². The lowest BCUT2D eigenvalue weighted by Gasteiger charge is -2.26. The Morgan fingerprint density at radius 3 is 2.77 bits per heavy atom. The average Bonchev–Trinajstić information content (AvgIpc) is 3.51. The van der Waals surface area contributed by atoms with E-state index in [1.165, 1.54) is 11.3 Å². The molecule has 5 rings (SSSR count). The van der Waals surface area contributed by atoms with Crippen LogP contribution in [-0.2, 0) is 22.1 Å². The number of thiazole rings is 1.